The zero-order valence-electron chi connectivity index (χ0n) is 22.4. The van der Waals surface area contributed by atoms with Gasteiger partial charge in [-0.25, -0.2) is 8.42 Å². The van der Waals surface area contributed by atoms with Crippen molar-refractivity contribution in [2.24, 2.45) is 0 Å². The molecule has 8 nitrogen and oxygen atoms in total. The number of halogens is 2. The standard InChI is InChI=1S/C29H31Cl2N3O5S/c1-4-32-29(37)27(15-21-9-6-5-7-10-21)33(18-23-13-14-24(30)17-26(23)31)28(36)19-34(40(3,38)39)25-12-8-11-22(16-25)20(2)35/h5-14,16-17,27H,4,15,18-19H2,1-3H3,(H,32,37)/t27-/m0/s1. The van der Waals surface area contributed by atoms with Crippen LogP contribution in [0.15, 0.2) is 72.8 Å². The first-order chi connectivity index (χ1) is 18.9. The highest BCUT2D eigenvalue weighted by atomic mass is 35.5. The summed E-state index contributed by atoms with van der Waals surface area (Å²) in [4.78, 5) is 40.7. The van der Waals surface area contributed by atoms with Gasteiger partial charge in [0, 0.05) is 35.1 Å². The molecule has 1 N–H and O–H groups in total. The molecule has 0 aliphatic heterocycles. The van der Waals surface area contributed by atoms with Crippen LogP contribution < -0.4 is 9.62 Å². The number of amides is 2. The number of hydrogen-bond donors (Lipinski definition) is 1. The Bertz CT molecular complexity index is 1480. The van der Waals surface area contributed by atoms with Crippen LogP contribution >= 0.6 is 23.2 Å². The molecule has 40 heavy (non-hydrogen) atoms. The van der Waals surface area contributed by atoms with Gasteiger partial charge in [-0.3, -0.25) is 18.7 Å². The third kappa shape index (κ3) is 8.30. The van der Waals surface area contributed by atoms with E-state index >= 15 is 0 Å². The number of nitrogens with one attached hydrogen (secondary N) is 1. The van der Waals surface area contributed by atoms with Crippen molar-refractivity contribution in [2.45, 2.75) is 32.9 Å². The second kappa shape index (κ2) is 13.8. The number of carbonyl (C=O) groups is 3. The lowest BCUT2D eigenvalue weighted by molar-refractivity contribution is -0.140. The Morgan fingerprint density at radius 1 is 0.950 bits per heavy atom. The molecule has 11 heteroatoms. The third-order valence-electron chi connectivity index (χ3n) is 6.20. The molecule has 1 atom stereocenters. The summed E-state index contributed by atoms with van der Waals surface area (Å²) >= 11 is 12.5. The van der Waals surface area contributed by atoms with E-state index in [0.717, 1.165) is 16.1 Å². The van der Waals surface area contributed by atoms with Crippen LogP contribution in [0.1, 0.15) is 35.3 Å². The van der Waals surface area contributed by atoms with E-state index in [1.807, 2.05) is 30.3 Å². The molecule has 2 amide bonds. The van der Waals surface area contributed by atoms with Gasteiger partial charge in [-0.1, -0.05) is 71.7 Å². The fourth-order valence-corrected chi connectivity index (χ4v) is 5.48. The second-order valence-electron chi connectivity index (χ2n) is 9.23. The van der Waals surface area contributed by atoms with Crippen molar-refractivity contribution < 1.29 is 22.8 Å². The molecule has 0 aliphatic rings. The average Bonchev–Trinajstić information content (AvgIpc) is 2.90. The van der Waals surface area contributed by atoms with E-state index in [-0.39, 0.29) is 24.4 Å². The van der Waals surface area contributed by atoms with Crippen LogP contribution in [0.25, 0.3) is 0 Å². The summed E-state index contributed by atoms with van der Waals surface area (Å²) in [5, 5.41) is 3.50. The molecule has 0 heterocycles. The third-order valence-corrected chi connectivity index (χ3v) is 7.93. The highest BCUT2D eigenvalue weighted by Crippen LogP contribution is 2.25. The van der Waals surface area contributed by atoms with Crippen LogP contribution in [0.2, 0.25) is 10.0 Å². The molecule has 212 valence electrons. The van der Waals surface area contributed by atoms with Crippen LogP contribution in [-0.4, -0.2) is 56.3 Å². The average molecular weight is 605 g/mol. The molecule has 0 unspecified atom stereocenters. The first-order valence-corrected chi connectivity index (χ1v) is 15.1. The van der Waals surface area contributed by atoms with Crippen molar-refractivity contribution in [1.82, 2.24) is 10.2 Å². The van der Waals surface area contributed by atoms with Gasteiger partial charge in [-0.2, -0.15) is 0 Å². The molecule has 3 aromatic carbocycles. The number of likely N-dealkylation sites (N-methyl/N-ethyl adjacent to an activating group) is 1. The molecule has 0 saturated carbocycles. The van der Waals surface area contributed by atoms with E-state index in [2.05, 4.69) is 5.32 Å². The first kappa shape index (κ1) is 31.1. The lowest BCUT2D eigenvalue weighted by atomic mass is 10.0. The molecule has 0 aromatic heterocycles. The van der Waals surface area contributed by atoms with Crippen molar-refractivity contribution >= 4 is 56.5 Å². The van der Waals surface area contributed by atoms with Crippen molar-refractivity contribution in [3.63, 3.8) is 0 Å². The number of anilines is 1. The van der Waals surface area contributed by atoms with E-state index in [9.17, 15) is 22.8 Å². The van der Waals surface area contributed by atoms with E-state index in [1.54, 1.807) is 31.2 Å². The van der Waals surface area contributed by atoms with Crippen LogP contribution in [0.5, 0.6) is 0 Å². The molecule has 0 spiro atoms. The normalized spacial score (nSPS) is 11.9. The van der Waals surface area contributed by atoms with Gasteiger partial charge in [0.1, 0.15) is 12.6 Å². The molecule has 3 aromatic rings. The Morgan fingerprint density at radius 3 is 2.25 bits per heavy atom. The number of ketones is 1. The van der Waals surface area contributed by atoms with Crippen molar-refractivity contribution in [3.8, 4) is 0 Å². The van der Waals surface area contributed by atoms with Gasteiger partial charge in [-0.15, -0.1) is 0 Å². The van der Waals surface area contributed by atoms with Crippen LogP contribution in [0.3, 0.4) is 0 Å². The molecule has 0 radical (unpaired) electrons. The Balaban J connectivity index is 2.08. The summed E-state index contributed by atoms with van der Waals surface area (Å²) in [6, 6.07) is 19.1. The summed E-state index contributed by atoms with van der Waals surface area (Å²) in [7, 11) is -3.96. The largest absolute Gasteiger partial charge is 0.355 e. The van der Waals surface area contributed by atoms with Gasteiger partial charge in [-0.05, 0) is 49.2 Å². The molecular formula is C29H31Cl2N3O5S. The van der Waals surface area contributed by atoms with Crippen LogP contribution in [0, 0.1) is 0 Å². The smallest absolute Gasteiger partial charge is 0.244 e. The van der Waals surface area contributed by atoms with E-state index < -0.39 is 34.4 Å². The number of rotatable bonds is 12. The predicted molar refractivity (Wildman–Crippen MR) is 158 cm³/mol. The summed E-state index contributed by atoms with van der Waals surface area (Å²) in [6.45, 7) is 2.80. The highest BCUT2D eigenvalue weighted by molar-refractivity contribution is 7.92. The minimum Gasteiger partial charge on any atom is -0.355 e. The first-order valence-electron chi connectivity index (χ1n) is 12.5. The SMILES string of the molecule is CCNC(=O)[C@H](Cc1ccccc1)N(Cc1ccc(Cl)cc1Cl)C(=O)CN(c1cccc(C(C)=O)c1)S(C)(=O)=O. The zero-order valence-corrected chi connectivity index (χ0v) is 24.8. The fraction of sp³-hybridized carbons (Fsp3) is 0.276. The van der Waals surface area contributed by atoms with Gasteiger partial charge in [0.05, 0.1) is 11.9 Å². The molecule has 0 saturated heterocycles. The number of hydrogen-bond acceptors (Lipinski definition) is 5. The summed E-state index contributed by atoms with van der Waals surface area (Å²) in [6.07, 6.45) is 1.16. The van der Waals surface area contributed by atoms with Gasteiger partial charge in [0.15, 0.2) is 5.78 Å². The Hall–Kier alpha value is -3.40. The van der Waals surface area contributed by atoms with Gasteiger partial charge < -0.3 is 10.2 Å². The molecule has 0 fully saturated rings. The van der Waals surface area contributed by atoms with E-state index in [0.29, 0.717) is 27.7 Å². The topological polar surface area (TPSA) is 104 Å². The van der Waals surface area contributed by atoms with Crippen LogP contribution in [0.4, 0.5) is 5.69 Å². The molecular weight excluding hydrogens is 573 g/mol. The van der Waals surface area contributed by atoms with Gasteiger partial charge in [0.25, 0.3) is 0 Å². The monoisotopic (exact) mass is 603 g/mol. The fourth-order valence-electron chi connectivity index (χ4n) is 4.17. The minimum atomic E-state index is -3.96. The summed E-state index contributed by atoms with van der Waals surface area (Å²) in [5.41, 5.74) is 1.80. The van der Waals surface area contributed by atoms with Crippen molar-refractivity contribution in [3.05, 3.63) is 99.5 Å². The lowest BCUT2D eigenvalue weighted by Gasteiger charge is -2.33. The number of carbonyl (C=O) groups excluding carboxylic acids is 3. The highest BCUT2D eigenvalue weighted by Gasteiger charge is 2.33. The summed E-state index contributed by atoms with van der Waals surface area (Å²) in [5.74, 6) is -1.27. The molecule has 0 bridgehead atoms. The zero-order chi connectivity index (χ0) is 29.4. The number of sulfonamides is 1. The Morgan fingerprint density at radius 2 is 1.65 bits per heavy atom. The Kier molecular flexibility index (Phi) is 10.7. The maximum absolute atomic E-state index is 14.0. The van der Waals surface area contributed by atoms with Crippen LogP contribution in [-0.2, 0) is 32.6 Å². The van der Waals surface area contributed by atoms with Gasteiger partial charge in [0.2, 0.25) is 21.8 Å². The predicted octanol–water partition coefficient (Wildman–Crippen LogP) is 4.74. The molecule has 0 aliphatic carbocycles. The maximum Gasteiger partial charge on any atom is 0.244 e. The molecule has 3 rings (SSSR count). The Labute approximate surface area is 244 Å². The number of nitrogens with zero attached hydrogens (tertiary/aromatic N) is 2. The maximum atomic E-state index is 14.0. The van der Waals surface area contributed by atoms with E-state index in [1.165, 1.54) is 30.0 Å². The van der Waals surface area contributed by atoms with Crippen molar-refractivity contribution in [1.29, 1.82) is 0 Å². The van der Waals surface area contributed by atoms with Crippen molar-refractivity contribution in [2.75, 3.05) is 23.7 Å². The van der Waals surface area contributed by atoms with E-state index in [4.69, 9.17) is 23.2 Å². The lowest BCUT2D eigenvalue weighted by Crippen LogP contribution is -2.53. The number of benzene rings is 3. The second-order valence-corrected chi connectivity index (χ2v) is 12.0. The van der Waals surface area contributed by atoms with Gasteiger partial charge >= 0.3 is 0 Å². The minimum absolute atomic E-state index is 0.0748. The quantitative estimate of drug-likeness (QED) is 0.301. The number of Topliss-reactive ketones (excluding diaryl/α,β-unsaturated/α-hetero) is 1. The summed E-state index contributed by atoms with van der Waals surface area (Å²) < 4.78 is 26.7.